The molecule has 1 atom stereocenters. The number of tetrazole rings is 1. The van der Waals surface area contributed by atoms with Gasteiger partial charge in [-0.2, -0.15) is 18.0 Å². The molecule has 2 N–H and O–H groups in total. The van der Waals surface area contributed by atoms with E-state index in [1.54, 1.807) is 25.2 Å². The number of rotatable bonds is 7. The smallest absolute Gasteiger partial charge is 0.449 e. The number of aryl methyl sites for hydroxylation is 1. The molecule has 0 spiro atoms. The van der Waals surface area contributed by atoms with Crippen LogP contribution in [0.5, 0.6) is 5.75 Å². The summed E-state index contributed by atoms with van der Waals surface area (Å²) in [7, 11) is 3.08. The maximum atomic E-state index is 14.3. The number of amides is 1. The highest BCUT2D eigenvalue weighted by atomic mass is 19.4. The van der Waals surface area contributed by atoms with E-state index in [1.165, 1.54) is 18.0 Å². The molecule has 0 radical (unpaired) electrons. The summed E-state index contributed by atoms with van der Waals surface area (Å²) < 4.78 is 55.2. The number of methoxy groups -OCH3 is 1. The molecule has 2 aliphatic rings. The topological polar surface area (TPSA) is 134 Å². The number of hydrogen-bond acceptors (Lipinski definition) is 9. The van der Waals surface area contributed by atoms with Crippen molar-refractivity contribution in [1.82, 2.24) is 34.7 Å². The number of imidazole rings is 1. The van der Waals surface area contributed by atoms with Crippen molar-refractivity contribution in [3.8, 4) is 17.1 Å². The van der Waals surface area contributed by atoms with Crippen molar-refractivity contribution < 1.29 is 27.4 Å². The second-order valence-electron chi connectivity index (χ2n) is 9.73. The second-order valence-corrected chi connectivity index (χ2v) is 9.73. The summed E-state index contributed by atoms with van der Waals surface area (Å²) in [6.07, 6.45) is -2.33. The molecule has 1 aliphatic heterocycles. The number of fused-ring (bicyclic) bond motifs is 1. The lowest BCUT2D eigenvalue weighted by molar-refractivity contribution is -0.153. The van der Waals surface area contributed by atoms with Crippen molar-refractivity contribution in [2.45, 2.75) is 44.5 Å². The number of halogens is 3. The SMILES string of the molecule is COc1c(Nc2cc(NC(=O)C3CC3)nc3c2nc(C(F)(F)F)n3C2CCCCO2)cccc1-c1nnn(C)n1. The molecule has 2 fully saturated rings. The van der Waals surface area contributed by atoms with Crippen molar-refractivity contribution in [3.05, 3.63) is 30.1 Å². The molecule has 40 heavy (non-hydrogen) atoms. The van der Waals surface area contributed by atoms with Crippen LogP contribution in [0, 0.1) is 5.92 Å². The van der Waals surface area contributed by atoms with E-state index in [4.69, 9.17) is 9.47 Å². The van der Waals surface area contributed by atoms with E-state index in [1.807, 2.05) is 0 Å². The van der Waals surface area contributed by atoms with Gasteiger partial charge in [-0.25, -0.2) is 9.97 Å². The van der Waals surface area contributed by atoms with Gasteiger partial charge in [-0.1, -0.05) is 6.07 Å². The third-order valence-electron chi connectivity index (χ3n) is 6.78. The summed E-state index contributed by atoms with van der Waals surface area (Å²) in [6.45, 7) is 0.325. The Morgan fingerprint density at radius 1 is 1.15 bits per heavy atom. The number of para-hydroxylation sites is 1. The van der Waals surface area contributed by atoms with Crippen LogP contribution in [0.1, 0.15) is 44.2 Å². The lowest BCUT2D eigenvalue weighted by Crippen LogP contribution is -2.24. The van der Waals surface area contributed by atoms with Crippen molar-refractivity contribution in [2.24, 2.45) is 13.0 Å². The van der Waals surface area contributed by atoms with Crippen molar-refractivity contribution in [1.29, 1.82) is 0 Å². The average Bonchev–Trinajstić information content (AvgIpc) is 3.58. The minimum absolute atomic E-state index is 0.0315. The minimum atomic E-state index is -4.77. The van der Waals surface area contributed by atoms with Crippen LogP contribution >= 0.6 is 0 Å². The number of carbonyl (C=O) groups excluding carboxylic acids is 1. The third kappa shape index (κ3) is 4.92. The van der Waals surface area contributed by atoms with Gasteiger partial charge in [0.15, 0.2) is 11.4 Å². The highest BCUT2D eigenvalue weighted by Gasteiger charge is 2.41. The predicted octanol–water partition coefficient (Wildman–Crippen LogP) is 4.44. The molecular formula is C25H26F3N9O3. The molecule has 1 aromatic carbocycles. The van der Waals surface area contributed by atoms with Gasteiger partial charge < -0.3 is 20.1 Å². The molecule has 15 heteroatoms. The quantitative estimate of drug-likeness (QED) is 0.338. The van der Waals surface area contributed by atoms with Crippen LogP contribution in [0.2, 0.25) is 0 Å². The molecule has 1 saturated heterocycles. The van der Waals surface area contributed by atoms with Gasteiger partial charge in [-0.3, -0.25) is 9.36 Å². The van der Waals surface area contributed by atoms with Crippen molar-refractivity contribution in [3.63, 3.8) is 0 Å². The summed E-state index contributed by atoms with van der Waals surface area (Å²) >= 11 is 0. The predicted molar refractivity (Wildman–Crippen MR) is 137 cm³/mol. The molecule has 4 heterocycles. The van der Waals surface area contributed by atoms with E-state index >= 15 is 0 Å². The van der Waals surface area contributed by atoms with Crippen LogP contribution in [0.25, 0.3) is 22.6 Å². The van der Waals surface area contributed by atoms with Gasteiger partial charge in [-0.05, 0) is 49.5 Å². The number of aromatic nitrogens is 7. The lowest BCUT2D eigenvalue weighted by Gasteiger charge is -2.26. The minimum Gasteiger partial charge on any atom is -0.494 e. The average molecular weight is 558 g/mol. The van der Waals surface area contributed by atoms with Gasteiger partial charge in [0, 0.05) is 18.6 Å². The number of hydrogen-bond donors (Lipinski definition) is 2. The van der Waals surface area contributed by atoms with E-state index in [9.17, 15) is 18.0 Å². The number of nitrogens with one attached hydrogen (secondary N) is 2. The first-order valence-electron chi connectivity index (χ1n) is 12.8. The molecule has 12 nitrogen and oxygen atoms in total. The molecule has 1 aliphatic carbocycles. The van der Waals surface area contributed by atoms with Gasteiger partial charge in [0.25, 0.3) is 0 Å². The van der Waals surface area contributed by atoms with Crippen molar-refractivity contribution >= 4 is 34.3 Å². The highest BCUT2D eigenvalue weighted by Crippen LogP contribution is 2.41. The standard InChI is InChI=1S/C25H26F3N9O3/c1-36-34-21(33-35-36)14-6-5-7-15(20(14)39-2)29-16-12-17(31-23(38)13-9-10-13)30-22-19(16)32-24(25(26,27)28)37(22)18-8-3-4-11-40-18/h5-7,12-13,18H,3-4,8-11H2,1-2H3,(H2,29,30,31,38). The fraction of sp³-hybridized carbons (Fsp3) is 0.440. The third-order valence-corrected chi connectivity index (χ3v) is 6.78. The molecule has 3 aromatic heterocycles. The Labute approximate surface area is 225 Å². The monoisotopic (exact) mass is 557 g/mol. The van der Waals surface area contributed by atoms with E-state index in [0.29, 0.717) is 42.3 Å². The fourth-order valence-electron chi connectivity index (χ4n) is 4.76. The van der Waals surface area contributed by atoms with Gasteiger partial charge in [0.1, 0.15) is 17.6 Å². The summed E-state index contributed by atoms with van der Waals surface area (Å²) in [5.41, 5.74) is 1.04. The first-order valence-corrected chi connectivity index (χ1v) is 12.8. The number of anilines is 3. The molecule has 210 valence electrons. The Balaban J connectivity index is 1.51. The van der Waals surface area contributed by atoms with Gasteiger partial charge in [0.2, 0.25) is 17.6 Å². The molecule has 1 unspecified atom stereocenters. The first kappa shape index (κ1) is 26.0. The lowest BCUT2D eigenvalue weighted by atomic mass is 10.1. The molecule has 1 saturated carbocycles. The second kappa shape index (κ2) is 10.0. The Hall–Kier alpha value is -4.27. The Kier molecular flexibility index (Phi) is 6.52. The largest absolute Gasteiger partial charge is 0.494 e. The van der Waals surface area contributed by atoms with E-state index in [0.717, 1.165) is 23.8 Å². The van der Waals surface area contributed by atoms with Gasteiger partial charge >= 0.3 is 6.18 Å². The fourth-order valence-corrected chi connectivity index (χ4v) is 4.76. The van der Waals surface area contributed by atoms with Crippen LogP contribution in [0.15, 0.2) is 24.3 Å². The number of pyridine rings is 1. The zero-order chi connectivity index (χ0) is 28.0. The van der Waals surface area contributed by atoms with Gasteiger partial charge in [0.05, 0.1) is 31.1 Å². The Morgan fingerprint density at radius 2 is 1.98 bits per heavy atom. The zero-order valence-electron chi connectivity index (χ0n) is 21.7. The number of nitrogens with zero attached hydrogens (tertiary/aromatic N) is 7. The van der Waals surface area contributed by atoms with E-state index < -0.39 is 18.2 Å². The normalized spacial score (nSPS) is 17.7. The number of carbonyl (C=O) groups is 1. The maximum absolute atomic E-state index is 14.3. The number of ether oxygens (including phenoxy) is 2. The number of benzene rings is 1. The Morgan fingerprint density at radius 3 is 2.62 bits per heavy atom. The highest BCUT2D eigenvalue weighted by molar-refractivity contribution is 5.97. The van der Waals surface area contributed by atoms with Crippen LogP contribution in [-0.2, 0) is 22.8 Å². The first-order chi connectivity index (χ1) is 19.2. The molecular weight excluding hydrogens is 531 g/mol. The van der Waals surface area contributed by atoms with Crippen LogP contribution in [0.4, 0.5) is 30.4 Å². The van der Waals surface area contributed by atoms with Crippen molar-refractivity contribution in [2.75, 3.05) is 24.4 Å². The zero-order valence-corrected chi connectivity index (χ0v) is 21.7. The summed E-state index contributed by atoms with van der Waals surface area (Å²) in [5.74, 6) is -0.749. The molecule has 0 bridgehead atoms. The van der Waals surface area contributed by atoms with E-state index in [-0.39, 0.29) is 34.5 Å². The summed E-state index contributed by atoms with van der Waals surface area (Å²) in [5, 5.41) is 18.0. The summed E-state index contributed by atoms with van der Waals surface area (Å²) in [6, 6.07) is 6.62. The maximum Gasteiger partial charge on any atom is 0.449 e. The number of alkyl halides is 3. The molecule has 4 aromatic rings. The van der Waals surface area contributed by atoms with Crippen LogP contribution < -0.4 is 15.4 Å². The molecule has 1 amide bonds. The molecule has 6 rings (SSSR count). The van der Waals surface area contributed by atoms with Crippen LogP contribution in [-0.4, -0.2) is 54.4 Å². The summed E-state index contributed by atoms with van der Waals surface area (Å²) in [4.78, 5) is 22.3. The van der Waals surface area contributed by atoms with Gasteiger partial charge in [-0.15, -0.1) is 10.2 Å². The van der Waals surface area contributed by atoms with E-state index in [2.05, 4.69) is 36.0 Å². The Bertz CT molecular complexity index is 1570. The van der Waals surface area contributed by atoms with Crippen LogP contribution in [0.3, 0.4) is 0 Å².